The predicted octanol–water partition coefficient (Wildman–Crippen LogP) is 7.47. The molecule has 0 N–H and O–H groups in total. The van der Waals surface area contributed by atoms with Gasteiger partial charge in [-0.25, -0.2) is 4.98 Å². The fraction of sp³-hybridized carbons (Fsp3) is 0.412. The van der Waals surface area contributed by atoms with Gasteiger partial charge < -0.3 is 4.90 Å². The third kappa shape index (κ3) is 5.38. The van der Waals surface area contributed by atoms with Gasteiger partial charge in [0.2, 0.25) is 0 Å². The monoisotopic (exact) mass is 522 g/mol. The molecule has 2 heterocycles. The maximum Gasteiger partial charge on any atom is 0.255 e. The van der Waals surface area contributed by atoms with Crippen molar-refractivity contribution in [2.24, 2.45) is 0 Å². The van der Waals surface area contributed by atoms with Crippen LogP contribution in [0.4, 0.5) is 0 Å². The van der Waals surface area contributed by atoms with Crippen LogP contribution in [0.25, 0.3) is 16.7 Å². The smallest absolute Gasteiger partial charge is 0.255 e. The summed E-state index contributed by atoms with van der Waals surface area (Å²) in [7, 11) is 0. The number of hydrogen-bond donors (Lipinski definition) is 0. The van der Waals surface area contributed by atoms with Crippen molar-refractivity contribution in [1.29, 1.82) is 0 Å². The quantitative estimate of drug-likeness (QED) is 0.253. The summed E-state index contributed by atoms with van der Waals surface area (Å²) >= 11 is 0. The zero-order chi connectivity index (χ0) is 27.7. The first-order valence-electron chi connectivity index (χ1n) is 14.5. The Morgan fingerprint density at radius 3 is 2.26 bits per heavy atom. The summed E-state index contributed by atoms with van der Waals surface area (Å²) in [5, 5.41) is 0. The lowest BCUT2D eigenvalue weighted by Crippen LogP contribution is -2.40. The molecule has 1 aromatic heterocycles. The van der Waals surface area contributed by atoms with Crippen LogP contribution in [-0.2, 0) is 6.54 Å². The molecule has 1 aliphatic rings. The number of likely N-dealkylation sites (tertiary alicyclic amines) is 1. The summed E-state index contributed by atoms with van der Waals surface area (Å²) in [5.41, 5.74) is 9.82. The van der Waals surface area contributed by atoms with E-state index in [1.54, 1.807) is 0 Å². The number of amides is 1. The molecule has 0 saturated carbocycles. The van der Waals surface area contributed by atoms with Crippen molar-refractivity contribution < 1.29 is 4.79 Å². The maximum absolute atomic E-state index is 14.2. The average Bonchev–Trinajstić information content (AvgIpc) is 3.30. The number of aromatic nitrogens is 2. The van der Waals surface area contributed by atoms with Crippen molar-refractivity contribution in [3.63, 3.8) is 0 Å². The van der Waals surface area contributed by atoms with E-state index in [0.717, 1.165) is 84.7 Å². The Balaban J connectivity index is 1.63. The molecule has 3 aromatic carbocycles. The number of rotatable bonds is 7. The first kappa shape index (κ1) is 27.1. The molecule has 204 valence electrons. The van der Waals surface area contributed by atoms with Crippen LogP contribution in [0.15, 0.2) is 54.6 Å². The van der Waals surface area contributed by atoms with Gasteiger partial charge in [-0.05, 0) is 101 Å². The van der Waals surface area contributed by atoms with E-state index in [-0.39, 0.29) is 11.9 Å². The Labute approximate surface area is 233 Å². The lowest BCUT2D eigenvalue weighted by molar-refractivity contribution is 0.0597. The van der Waals surface area contributed by atoms with Gasteiger partial charge in [-0.1, -0.05) is 55.3 Å². The topological polar surface area (TPSA) is 41.4 Å². The second-order valence-corrected chi connectivity index (χ2v) is 11.2. The van der Waals surface area contributed by atoms with Crippen LogP contribution in [0.1, 0.15) is 83.2 Å². The van der Waals surface area contributed by atoms with Crippen molar-refractivity contribution in [3.8, 4) is 5.69 Å². The Morgan fingerprint density at radius 2 is 1.59 bits per heavy atom. The molecule has 5 nitrogen and oxygen atoms in total. The second kappa shape index (κ2) is 11.4. The SMILES string of the molecule is CCN(CC)Cc1ccc2c(c1)nc(C1CCCCN1C(=O)c1c(C)cc(C)cc1C)n2-c1ccc(C)cc1. The van der Waals surface area contributed by atoms with Gasteiger partial charge >= 0.3 is 0 Å². The Kier molecular flexibility index (Phi) is 7.90. The van der Waals surface area contributed by atoms with E-state index in [4.69, 9.17) is 4.98 Å². The Bertz CT molecular complexity index is 1460. The highest BCUT2D eigenvalue weighted by molar-refractivity contribution is 5.97. The number of piperidine rings is 1. The normalized spacial score (nSPS) is 15.9. The summed E-state index contributed by atoms with van der Waals surface area (Å²) in [6.45, 7) is 16.5. The predicted molar refractivity (Wildman–Crippen MR) is 161 cm³/mol. The molecule has 0 radical (unpaired) electrons. The minimum absolute atomic E-state index is 0.0775. The van der Waals surface area contributed by atoms with Crippen LogP contribution in [-0.4, -0.2) is 44.9 Å². The largest absolute Gasteiger partial charge is 0.328 e. The summed E-state index contributed by atoms with van der Waals surface area (Å²) in [6.07, 6.45) is 3.02. The van der Waals surface area contributed by atoms with Gasteiger partial charge in [0.1, 0.15) is 5.82 Å². The maximum atomic E-state index is 14.2. The first-order valence-corrected chi connectivity index (χ1v) is 14.5. The molecule has 5 heteroatoms. The number of carbonyl (C=O) groups is 1. The third-order valence-electron chi connectivity index (χ3n) is 8.29. The van der Waals surface area contributed by atoms with E-state index >= 15 is 0 Å². The fourth-order valence-corrected chi connectivity index (χ4v) is 6.24. The van der Waals surface area contributed by atoms with Crippen LogP contribution in [0, 0.1) is 27.7 Å². The molecule has 0 bridgehead atoms. The highest BCUT2D eigenvalue weighted by atomic mass is 16.2. The number of fused-ring (bicyclic) bond motifs is 1. The molecule has 39 heavy (non-hydrogen) atoms. The van der Waals surface area contributed by atoms with Crippen LogP contribution >= 0.6 is 0 Å². The average molecular weight is 523 g/mol. The van der Waals surface area contributed by atoms with E-state index in [9.17, 15) is 4.79 Å². The molecular formula is C34H42N4O. The first-order chi connectivity index (χ1) is 18.8. The lowest BCUT2D eigenvalue weighted by Gasteiger charge is -2.36. The zero-order valence-electron chi connectivity index (χ0n) is 24.4. The van der Waals surface area contributed by atoms with Gasteiger partial charge in [0.25, 0.3) is 5.91 Å². The van der Waals surface area contributed by atoms with E-state index in [1.165, 1.54) is 16.7 Å². The van der Waals surface area contributed by atoms with E-state index in [2.05, 4.69) is 111 Å². The molecule has 1 aliphatic heterocycles. The molecule has 0 aliphatic carbocycles. The van der Waals surface area contributed by atoms with Crippen molar-refractivity contribution in [2.75, 3.05) is 19.6 Å². The van der Waals surface area contributed by atoms with E-state index in [1.807, 2.05) is 0 Å². The summed E-state index contributed by atoms with van der Waals surface area (Å²) < 4.78 is 2.29. The Hall–Kier alpha value is -3.44. The van der Waals surface area contributed by atoms with E-state index in [0.29, 0.717) is 0 Å². The van der Waals surface area contributed by atoms with Crippen LogP contribution in [0.5, 0.6) is 0 Å². The molecule has 1 atom stereocenters. The molecule has 1 saturated heterocycles. The number of nitrogens with zero attached hydrogens (tertiary/aromatic N) is 4. The molecule has 0 spiro atoms. The van der Waals surface area contributed by atoms with Gasteiger partial charge in [-0.2, -0.15) is 0 Å². The molecule has 4 aromatic rings. The third-order valence-corrected chi connectivity index (χ3v) is 8.29. The minimum Gasteiger partial charge on any atom is -0.328 e. The number of aryl methyl sites for hydroxylation is 4. The second-order valence-electron chi connectivity index (χ2n) is 11.2. The summed E-state index contributed by atoms with van der Waals surface area (Å²) in [5.74, 6) is 1.09. The number of imidazole rings is 1. The van der Waals surface area contributed by atoms with Gasteiger partial charge in [-0.15, -0.1) is 0 Å². The van der Waals surface area contributed by atoms with Gasteiger partial charge in [0.05, 0.1) is 17.1 Å². The van der Waals surface area contributed by atoms with Crippen molar-refractivity contribution in [2.45, 2.75) is 73.4 Å². The molecule has 1 fully saturated rings. The van der Waals surface area contributed by atoms with Gasteiger partial charge in [-0.3, -0.25) is 14.3 Å². The summed E-state index contributed by atoms with van der Waals surface area (Å²) in [4.78, 5) is 24.0. The minimum atomic E-state index is -0.0775. The van der Waals surface area contributed by atoms with Crippen LogP contribution in [0.3, 0.4) is 0 Å². The summed E-state index contributed by atoms with van der Waals surface area (Å²) in [6, 6.07) is 19.5. The number of hydrogen-bond acceptors (Lipinski definition) is 3. The standard InChI is InChI=1S/C34H42N4O/c1-7-36(8-2)22-27-14-17-30-29(21-27)35-33(38(30)28-15-12-23(3)13-16-28)31-11-9-10-18-37(31)34(39)32-25(5)19-24(4)20-26(32)6/h12-17,19-21,31H,7-11,18,22H2,1-6H3. The number of carbonyl (C=O) groups excluding carboxylic acids is 1. The zero-order valence-corrected chi connectivity index (χ0v) is 24.4. The van der Waals surface area contributed by atoms with Gasteiger partial charge in [0.15, 0.2) is 0 Å². The highest BCUT2D eigenvalue weighted by Crippen LogP contribution is 2.36. The van der Waals surface area contributed by atoms with Crippen molar-refractivity contribution in [3.05, 3.63) is 93.8 Å². The highest BCUT2D eigenvalue weighted by Gasteiger charge is 2.34. The molecule has 5 rings (SSSR count). The van der Waals surface area contributed by atoms with Gasteiger partial charge in [0, 0.05) is 24.3 Å². The Morgan fingerprint density at radius 1 is 0.897 bits per heavy atom. The van der Waals surface area contributed by atoms with Crippen molar-refractivity contribution in [1.82, 2.24) is 19.4 Å². The van der Waals surface area contributed by atoms with Crippen molar-refractivity contribution >= 4 is 16.9 Å². The molecular weight excluding hydrogens is 480 g/mol. The molecule has 1 unspecified atom stereocenters. The van der Waals surface area contributed by atoms with E-state index < -0.39 is 0 Å². The lowest BCUT2D eigenvalue weighted by atomic mass is 9.95. The van der Waals surface area contributed by atoms with Crippen LogP contribution in [0.2, 0.25) is 0 Å². The molecule has 1 amide bonds. The number of benzene rings is 3. The van der Waals surface area contributed by atoms with Crippen LogP contribution < -0.4 is 0 Å². The fourth-order valence-electron chi connectivity index (χ4n) is 6.24.